The van der Waals surface area contributed by atoms with Crippen molar-refractivity contribution in [3.05, 3.63) is 18.1 Å². The number of carboxylic acid groups (broad SMARTS) is 1. The molecule has 0 aromatic carbocycles. The lowest BCUT2D eigenvalue weighted by Crippen LogP contribution is -2.27. The summed E-state index contributed by atoms with van der Waals surface area (Å²) in [5.74, 6) is -0.797. The molecular formula is C13H19N3O3. The third-order valence-corrected chi connectivity index (χ3v) is 3.41. The van der Waals surface area contributed by atoms with Crippen LogP contribution < -0.4 is 5.32 Å². The van der Waals surface area contributed by atoms with Gasteiger partial charge in [-0.25, -0.2) is 14.8 Å². The maximum absolute atomic E-state index is 10.9. The Morgan fingerprint density at radius 2 is 2.11 bits per heavy atom. The predicted molar refractivity (Wildman–Crippen MR) is 70.3 cm³/mol. The molecule has 1 aliphatic rings. The highest BCUT2D eigenvalue weighted by Gasteiger charge is 2.29. The van der Waals surface area contributed by atoms with Crippen molar-refractivity contribution in [2.75, 3.05) is 18.5 Å². The van der Waals surface area contributed by atoms with Crippen molar-refractivity contribution < 1.29 is 14.6 Å². The molecule has 0 radical (unpaired) electrons. The summed E-state index contributed by atoms with van der Waals surface area (Å²) in [6.07, 6.45) is 7.46. The molecule has 19 heavy (non-hydrogen) atoms. The molecule has 6 nitrogen and oxygen atoms in total. The maximum atomic E-state index is 10.9. The Bertz CT molecular complexity index is 445. The zero-order valence-corrected chi connectivity index (χ0v) is 11.1. The van der Waals surface area contributed by atoms with Crippen LogP contribution in [0.15, 0.2) is 12.4 Å². The molecule has 0 aliphatic heterocycles. The van der Waals surface area contributed by atoms with Crippen LogP contribution in [0.25, 0.3) is 0 Å². The van der Waals surface area contributed by atoms with Gasteiger partial charge in [-0.1, -0.05) is 12.8 Å². The van der Waals surface area contributed by atoms with Crippen molar-refractivity contribution in [1.29, 1.82) is 0 Å². The number of ether oxygens (including phenoxy) is 1. The topological polar surface area (TPSA) is 84.3 Å². The molecule has 1 aromatic heterocycles. The number of rotatable bonds is 6. The Morgan fingerprint density at radius 3 is 2.79 bits per heavy atom. The summed E-state index contributed by atoms with van der Waals surface area (Å²) in [7, 11) is 0. The van der Waals surface area contributed by atoms with E-state index in [0.717, 1.165) is 12.8 Å². The Morgan fingerprint density at radius 1 is 1.42 bits per heavy atom. The normalized spacial score (nSPS) is 17.3. The molecule has 0 spiro atoms. The van der Waals surface area contributed by atoms with Gasteiger partial charge in [-0.2, -0.15) is 0 Å². The average Bonchev–Trinajstić information content (AvgIpc) is 2.82. The van der Waals surface area contributed by atoms with E-state index in [1.807, 2.05) is 0 Å². The molecule has 6 heteroatoms. The highest BCUT2D eigenvalue weighted by Crippen LogP contribution is 2.32. The lowest BCUT2D eigenvalue weighted by Gasteiger charge is -2.24. The molecule has 0 atom stereocenters. The fraction of sp³-hybridized carbons (Fsp3) is 0.615. The molecule has 0 bridgehead atoms. The van der Waals surface area contributed by atoms with E-state index in [2.05, 4.69) is 22.2 Å². The quantitative estimate of drug-likeness (QED) is 0.765. The van der Waals surface area contributed by atoms with Gasteiger partial charge < -0.3 is 15.2 Å². The van der Waals surface area contributed by atoms with Gasteiger partial charge in [-0.3, -0.25) is 0 Å². The van der Waals surface area contributed by atoms with Gasteiger partial charge in [0.25, 0.3) is 0 Å². The number of carbonyl (C=O) groups is 1. The van der Waals surface area contributed by atoms with Gasteiger partial charge in [0.05, 0.1) is 12.2 Å². The van der Waals surface area contributed by atoms with Crippen molar-refractivity contribution >= 4 is 11.8 Å². The lowest BCUT2D eigenvalue weighted by molar-refractivity contribution is -0.0206. The molecule has 0 unspecified atom stereocenters. The van der Waals surface area contributed by atoms with E-state index in [-0.39, 0.29) is 17.1 Å². The van der Waals surface area contributed by atoms with Crippen molar-refractivity contribution in [3.63, 3.8) is 0 Å². The van der Waals surface area contributed by atoms with Gasteiger partial charge in [0.15, 0.2) is 11.5 Å². The number of hydrogen-bond acceptors (Lipinski definition) is 5. The molecule has 1 heterocycles. The smallest absolute Gasteiger partial charge is 0.358 e. The minimum absolute atomic E-state index is 0.0142. The maximum Gasteiger partial charge on any atom is 0.358 e. The van der Waals surface area contributed by atoms with E-state index in [9.17, 15) is 4.79 Å². The first-order valence-electron chi connectivity index (χ1n) is 6.53. The Labute approximate surface area is 112 Å². The van der Waals surface area contributed by atoms with Crippen LogP contribution in [0.2, 0.25) is 0 Å². The fourth-order valence-electron chi connectivity index (χ4n) is 2.36. The molecule has 1 saturated carbocycles. The molecule has 2 rings (SSSR count). The van der Waals surface area contributed by atoms with Gasteiger partial charge in [0.1, 0.15) is 0 Å². The van der Waals surface area contributed by atoms with Crippen molar-refractivity contribution in [3.8, 4) is 0 Å². The second-order valence-electron chi connectivity index (χ2n) is 4.99. The number of anilines is 1. The Hall–Kier alpha value is -1.69. The van der Waals surface area contributed by atoms with Crippen LogP contribution in [-0.4, -0.2) is 39.8 Å². The van der Waals surface area contributed by atoms with Crippen LogP contribution >= 0.6 is 0 Å². The van der Waals surface area contributed by atoms with E-state index in [1.165, 1.54) is 25.2 Å². The highest BCUT2D eigenvalue weighted by atomic mass is 16.5. The lowest BCUT2D eigenvalue weighted by atomic mass is 10.1. The van der Waals surface area contributed by atoms with Crippen LogP contribution in [0.3, 0.4) is 0 Å². The van der Waals surface area contributed by atoms with Crippen LogP contribution in [0, 0.1) is 0 Å². The molecule has 0 saturated heterocycles. The van der Waals surface area contributed by atoms with Gasteiger partial charge in [-0.05, 0) is 19.8 Å². The zero-order chi connectivity index (χ0) is 13.7. The van der Waals surface area contributed by atoms with Crippen LogP contribution in [0.1, 0.15) is 43.1 Å². The summed E-state index contributed by atoms with van der Waals surface area (Å²) in [4.78, 5) is 18.7. The third-order valence-electron chi connectivity index (χ3n) is 3.41. The first-order chi connectivity index (χ1) is 9.11. The molecule has 1 aliphatic carbocycles. The second kappa shape index (κ2) is 5.97. The molecule has 2 N–H and O–H groups in total. The minimum atomic E-state index is -1.08. The molecule has 1 aromatic rings. The van der Waals surface area contributed by atoms with E-state index in [4.69, 9.17) is 9.84 Å². The third kappa shape index (κ3) is 3.64. The largest absolute Gasteiger partial charge is 0.476 e. The Balaban J connectivity index is 1.81. The zero-order valence-electron chi connectivity index (χ0n) is 11.1. The van der Waals surface area contributed by atoms with Gasteiger partial charge >= 0.3 is 5.97 Å². The van der Waals surface area contributed by atoms with E-state index in [0.29, 0.717) is 13.2 Å². The van der Waals surface area contributed by atoms with E-state index in [1.54, 1.807) is 0 Å². The second-order valence-corrected chi connectivity index (χ2v) is 4.99. The molecule has 0 amide bonds. The number of nitrogens with zero attached hydrogens (tertiary/aromatic N) is 2. The number of hydrogen-bond donors (Lipinski definition) is 2. The molecular weight excluding hydrogens is 246 g/mol. The molecule has 104 valence electrons. The number of aromatic nitrogens is 2. The van der Waals surface area contributed by atoms with Gasteiger partial charge in [-0.15, -0.1) is 0 Å². The summed E-state index contributed by atoms with van der Waals surface area (Å²) in [6.45, 7) is 3.19. The fourth-order valence-corrected chi connectivity index (χ4v) is 2.36. The van der Waals surface area contributed by atoms with Crippen molar-refractivity contribution in [2.24, 2.45) is 0 Å². The minimum Gasteiger partial charge on any atom is -0.476 e. The van der Waals surface area contributed by atoms with Crippen LogP contribution in [0.4, 0.5) is 5.82 Å². The first kappa shape index (κ1) is 13.7. The predicted octanol–water partition coefficient (Wildman–Crippen LogP) is 1.94. The number of carboxylic acids is 1. The monoisotopic (exact) mass is 265 g/mol. The van der Waals surface area contributed by atoms with Crippen LogP contribution in [-0.2, 0) is 4.74 Å². The SMILES string of the molecule is CC1(OCCNc2nccnc2C(=O)O)CCCC1. The van der Waals surface area contributed by atoms with Crippen molar-refractivity contribution in [1.82, 2.24) is 9.97 Å². The highest BCUT2D eigenvalue weighted by molar-refractivity contribution is 5.90. The summed E-state index contributed by atoms with van der Waals surface area (Å²) >= 11 is 0. The van der Waals surface area contributed by atoms with E-state index >= 15 is 0 Å². The van der Waals surface area contributed by atoms with Crippen molar-refractivity contribution in [2.45, 2.75) is 38.2 Å². The summed E-state index contributed by atoms with van der Waals surface area (Å²) in [6, 6.07) is 0. The van der Waals surface area contributed by atoms with Gasteiger partial charge in [0, 0.05) is 18.9 Å². The van der Waals surface area contributed by atoms with E-state index < -0.39 is 5.97 Å². The van der Waals surface area contributed by atoms with Gasteiger partial charge in [0.2, 0.25) is 0 Å². The first-order valence-corrected chi connectivity index (χ1v) is 6.53. The summed E-state index contributed by atoms with van der Waals surface area (Å²) in [5, 5.41) is 11.9. The molecule has 1 fully saturated rings. The summed E-state index contributed by atoms with van der Waals surface area (Å²) < 4.78 is 5.85. The average molecular weight is 265 g/mol. The standard InChI is InChI=1S/C13H19N3O3/c1-13(4-2-3-5-13)19-9-8-16-11-10(12(17)18)14-6-7-15-11/h6-7H,2-5,8-9H2,1H3,(H,15,16)(H,17,18). The van der Waals surface area contributed by atoms with Crippen LogP contribution in [0.5, 0.6) is 0 Å². The number of nitrogens with one attached hydrogen (secondary N) is 1. The summed E-state index contributed by atoms with van der Waals surface area (Å²) in [5.41, 5.74) is -0.0748. The Kier molecular flexibility index (Phi) is 4.31. The number of aromatic carboxylic acids is 1.